The molecule has 0 bridgehead atoms. The number of carbonyl (C=O) groups is 1. The first-order valence-electron chi connectivity index (χ1n) is 7.69. The van der Waals surface area contributed by atoms with Crippen LogP contribution >= 0.6 is 0 Å². The lowest BCUT2D eigenvalue weighted by molar-refractivity contribution is 0.0594. The summed E-state index contributed by atoms with van der Waals surface area (Å²) in [6.07, 6.45) is 1.76. The van der Waals surface area contributed by atoms with Gasteiger partial charge in [-0.1, -0.05) is 32.0 Å². The summed E-state index contributed by atoms with van der Waals surface area (Å²) in [5.74, 6) is 0.332. The van der Waals surface area contributed by atoms with Gasteiger partial charge >= 0.3 is 5.97 Å². The van der Waals surface area contributed by atoms with E-state index in [0.29, 0.717) is 11.5 Å². The maximum atomic E-state index is 11.9. The molecule has 1 aromatic heterocycles. The lowest BCUT2D eigenvalue weighted by atomic mass is 9.96. The standard InChI is InChI=1S/C18H22N2O3/c1-6-12-9-8-10-13(7-2)15(12)16-19-11(3)14(18(21)23-5)17(20-16)22-4/h8-10H,6-7H2,1-5H3. The van der Waals surface area contributed by atoms with Crippen molar-refractivity contribution in [1.29, 1.82) is 0 Å². The molecule has 1 aromatic carbocycles. The number of rotatable bonds is 5. The van der Waals surface area contributed by atoms with Crippen LogP contribution < -0.4 is 4.74 Å². The quantitative estimate of drug-likeness (QED) is 0.792. The summed E-state index contributed by atoms with van der Waals surface area (Å²) in [7, 11) is 2.82. The number of methoxy groups -OCH3 is 2. The predicted molar refractivity (Wildman–Crippen MR) is 88.9 cm³/mol. The van der Waals surface area contributed by atoms with Gasteiger partial charge in [-0.05, 0) is 30.9 Å². The van der Waals surface area contributed by atoms with E-state index in [1.54, 1.807) is 6.92 Å². The molecule has 0 atom stereocenters. The van der Waals surface area contributed by atoms with Gasteiger partial charge in [0.25, 0.3) is 0 Å². The van der Waals surface area contributed by atoms with Crippen LogP contribution in [-0.2, 0) is 17.6 Å². The predicted octanol–water partition coefficient (Wildman–Crippen LogP) is 3.37. The third-order valence-electron chi connectivity index (χ3n) is 3.86. The molecule has 0 aliphatic heterocycles. The van der Waals surface area contributed by atoms with Gasteiger partial charge in [-0.15, -0.1) is 0 Å². The Morgan fingerprint density at radius 2 is 1.70 bits per heavy atom. The van der Waals surface area contributed by atoms with Crippen LogP contribution in [0.2, 0.25) is 0 Å². The van der Waals surface area contributed by atoms with Gasteiger partial charge in [0.05, 0.1) is 19.9 Å². The smallest absolute Gasteiger partial charge is 0.345 e. The van der Waals surface area contributed by atoms with E-state index < -0.39 is 5.97 Å². The largest absolute Gasteiger partial charge is 0.480 e. The first-order chi connectivity index (χ1) is 11.1. The highest BCUT2D eigenvalue weighted by atomic mass is 16.5. The van der Waals surface area contributed by atoms with Crippen molar-refractivity contribution in [2.45, 2.75) is 33.6 Å². The van der Waals surface area contributed by atoms with Gasteiger partial charge < -0.3 is 9.47 Å². The zero-order chi connectivity index (χ0) is 17.0. The summed E-state index contributed by atoms with van der Waals surface area (Å²) in [6.45, 7) is 5.97. The monoisotopic (exact) mass is 314 g/mol. The molecule has 0 unspecified atom stereocenters. The van der Waals surface area contributed by atoms with E-state index in [9.17, 15) is 4.79 Å². The van der Waals surface area contributed by atoms with Gasteiger partial charge in [0, 0.05) is 5.56 Å². The SMILES string of the molecule is CCc1cccc(CC)c1-c1nc(C)c(C(=O)OC)c(OC)n1. The molecule has 0 amide bonds. The van der Waals surface area contributed by atoms with Crippen LogP contribution in [0.5, 0.6) is 5.88 Å². The normalized spacial score (nSPS) is 10.5. The van der Waals surface area contributed by atoms with E-state index >= 15 is 0 Å². The van der Waals surface area contributed by atoms with E-state index in [-0.39, 0.29) is 11.4 Å². The second kappa shape index (κ2) is 7.22. The van der Waals surface area contributed by atoms with Crippen molar-refractivity contribution in [2.24, 2.45) is 0 Å². The van der Waals surface area contributed by atoms with Crippen molar-refractivity contribution in [3.05, 3.63) is 40.6 Å². The van der Waals surface area contributed by atoms with Crippen LogP contribution in [0.25, 0.3) is 11.4 Å². The molecule has 0 aliphatic carbocycles. The summed E-state index contributed by atoms with van der Waals surface area (Å²) in [5, 5.41) is 0. The maximum absolute atomic E-state index is 11.9. The van der Waals surface area contributed by atoms with Crippen molar-refractivity contribution >= 4 is 5.97 Å². The third-order valence-corrected chi connectivity index (χ3v) is 3.86. The van der Waals surface area contributed by atoms with Crippen LogP contribution in [0.15, 0.2) is 18.2 Å². The second-order valence-electron chi connectivity index (χ2n) is 5.17. The Kier molecular flexibility index (Phi) is 5.32. The molecule has 0 aliphatic rings. The van der Waals surface area contributed by atoms with E-state index in [2.05, 4.69) is 35.9 Å². The fourth-order valence-corrected chi connectivity index (χ4v) is 2.67. The molecule has 0 saturated heterocycles. The molecule has 0 fully saturated rings. The molecule has 1 heterocycles. The Balaban J connectivity index is 2.71. The Morgan fingerprint density at radius 3 is 2.17 bits per heavy atom. The summed E-state index contributed by atoms with van der Waals surface area (Å²) in [6, 6.07) is 6.20. The van der Waals surface area contributed by atoms with E-state index in [1.807, 2.05) is 6.07 Å². The van der Waals surface area contributed by atoms with Gasteiger partial charge in [0.2, 0.25) is 5.88 Å². The molecule has 0 radical (unpaired) electrons. The van der Waals surface area contributed by atoms with Crippen molar-refractivity contribution < 1.29 is 14.3 Å². The van der Waals surface area contributed by atoms with Crippen LogP contribution in [-0.4, -0.2) is 30.2 Å². The van der Waals surface area contributed by atoms with Crippen molar-refractivity contribution in [3.63, 3.8) is 0 Å². The molecule has 0 N–H and O–H groups in total. The minimum Gasteiger partial charge on any atom is -0.480 e. The van der Waals surface area contributed by atoms with Crippen LogP contribution in [0, 0.1) is 6.92 Å². The molecule has 122 valence electrons. The minimum absolute atomic E-state index is 0.243. The number of ether oxygens (including phenoxy) is 2. The van der Waals surface area contributed by atoms with Crippen molar-refractivity contribution in [3.8, 4) is 17.3 Å². The third kappa shape index (κ3) is 3.18. The number of carbonyl (C=O) groups excluding carboxylic acids is 1. The number of esters is 1. The van der Waals surface area contributed by atoms with Gasteiger partial charge in [-0.2, -0.15) is 4.98 Å². The number of aryl methyl sites for hydroxylation is 3. The Hall–Kier alpha value is -2.43. The number of aromatic nitrogens is 2. The lowest BCUT2D eigenvalue weighted by Gasteiger charge is -2.15. The fraction of sp³-hybridized carbons (Fsp3) is 0.389. The Bertz CT molecular complexity index is 704. The van der Waals surface area contributed by atoms with Crippen LogP contribution in [0.4, 0.5) is 0 Å². The number of nitrogens with zero attached hydrogens (tertiary/aromatic N) is 2. The fourth-order valence-electron chi connectivity index (χ4n) is 2.67. The van der Waals surface area contributed by atoms with Gasteiger partial charge in [0.15, 0.2) is 5.82 Å². The van der Waals surface area contributed by atoms with Crippen molar-refractivity contribution in [2.75, 3.05) is 14.2 Å². The highest BCUT2D eigenvalue weighted by Gasteiger charge is 2.22. The minimum atomic E-state index is -0.495. The highest BCUT2D eigenvalue weighted by molar-refractivity contribution is 5.93. The van der Waals surface area contributed by atoms with E-state index in [4.69, 9.17) is 9.47 Å². The average molecular weight is 314 g/mol. The summed E-state index contributed by atoms with van der Waals surface area (Å²) in [5.41, 5.74) is 4.20. The molecule has 2 aromatic rings. The van der Waals surface area contributed by atoms with Gasteiger partial charge in [-0.25, -0.2) is 9.78 Å². The summed E-state index contributed by atoms with van der Waals surface area (Å²) < 4.78 is 10.1. The van der Waals surface area contributed by atoms with E-state index in [0.717, 1.165) is 18.4 Å². The second-order valence-corrected chi connectivity index (χ2v) is 5.17. The summed E-state index contributed by atoms with van der Waals surface area (Å²) >= 11 is 0. The molecule has 0 spiro atoms. The molecular weight excluding hydrogens is 292 g/mol. The average Bonchev–Trinajstić information content (AvgIpc) is 2.59. The molecule has 5 heteroatoms. The molecule has 0 saturated carbocycles. The zero-order valence-electron chi connectivity index (χ0n) is 14.3. The molecular formula is C18H22N2O3. The number of benzene rings is 1. The zero-order valence-corrected chi connectivity index (χ0v) is 14.3. The molecule has 2 rings (SSSR count). The molecule has 5 nitrogen and oxygen atoms in total. The summed E-state index contributed by atoms with van der Waals surface area (Å²) in [4.78, 5) is 20.9. The Morgan fingerprint density at radius 1 is 1.09 bits per heavy atom. The first-order valence-corrected chi connectivity index (χ1v) is 7.69. The maximum Gasteiger partial charge on any atom is 0.345 e. The number of hydrogen-bond acceptors (Lipinski definition) is 5. The highest BCUT2D eigenvalue weighted by Crippen LogP contribution is 2.30. The molecule has 23 heavy (non-hydrogen) atoms. The van der Waals surface area contributed by atoms with Crippen LogP contribution in [0.3, 0.4) is 0 Å². The van der Waals surface area contributed by atoms with Crippen molar-refractivity contribution in [1.82, 2.24) is 9.97 Å². The van der Waals surface area contributed by atoms with Gasteiger partial charge in [-0.3, -0.25) is 0 Å². The Labute approximate surface area is 136 Å². The first kappa shape index (κ1) is 16.9. The lowest BCUT2D eigenvalue weighted by Crippen LogP contribution is -2.11. The number of hydrogen-bond donors (Lipinski definition) is 0. The van der Waals surface area contributed by atoms with Crippen LogP contribution in [0.1, 0.15) is 41.0 Å². The van der Waals surface area contributed by atoms with E-state index in [1.165, 1.54) is 25.3 Å². The van der Waals surface area contributed by atoms with Gasteiger partial charge in [0.1, 0.15) is 5.56 Å². The topological polar surface area (TPSA) is 61.3 Å².